The Hall–Kier alpha value is -6.14. The number of carboxylic acid groups (broad SMARTS) is 1. The lowest BCUT2D eigenvalue weighted by Crippen LogP contribution is -2.54. The smallest absolute Gasteiger partial charge is 0.407 e. The van der Waals surface area contributed by atoms with Crippen molar-refractivity contribution in [2.45, 2.75) is 87.6 Å². The number of aromatic nitrogens is 6. The Kier molecular flexibility index (Phi) is 10.2. The van der Waals surface area contributed by atoms with E-state index in [9.17, 15) is 24.3 Å². The molecule has 334 valence electrons. The predicted octanol–water partition coefficient (Wildman–Crippen LogP) is 5.44. The second-order valence-electron chi connectivity index (χ2n) is 18.5. The topological polar surface area (TPSA) is 221 Å². The first-order valence-corrected chi connectivity index (χ1v) is 22.6. The van der Waals surface area contributed by atoms with Gasteiger partial charge in [-0.1, -0.05) is 12.1 Å². The van der Waals surface area contributed by atoms with E-state index in [0.717, 1.165) is 53.7 Å². The number of H-pyrrole nitrogens is 2. The van der Waals surface area contributed by atoms with Crippen molar-refractivity contribution in [3.8, 4) is 22.5 Å². The minimum atomic E-state index is -1.12. The van der Waals surface area contributed by atoms with E-state index in [1.807, 2.05) is 46.2 Å². The summed E-state index contributed by atoms with van der Waals surface area (Å²) in [5.41, 5.74) is 6.20. The van der Waals surface area contributed by atoms with Gasteiger partial charge in [0.05, 0.1) is 47.5 Å². The van der Waals surface area contributed by atoms with Crippen LogP contribution in [-0.4, -0.2) is 138 Å². The largest absolute Gasteiger partial charge is 0.465 e. The predicted molar refractivity (Wildman–Crippen MR) is 230 cm³/mol. The third kappa shape index (κ3) is 7.29. The molecule has 6 aliphatic rings. The fraction of sp³-hybridized carbons (Fsp3) is 0.522. The molecule has 6 fully saturated rings. The van der Waals surface area contributed by atoms with Crippen molar-refractivity contribution in [3.05, 3.63) is 60.4 Å². The van der Waals surface area contributed by atoms with Gasteiger partial charge in [0.25, 0.3) is 0 Å². The summed E-state index contributed by atoms with van der Waals surface area (Å²) in [7, 11) is 2.81. The zero-order valence-electron chi connectivity index (χ0n) is 35.8. The van der Waals surface area contributed by atoms with E-state index in [1.165, 1.54) is 19.1 Å². The molecule has 64 heavy (non-hydrogen) atoms. The van der Waals surface area contributed by atoms with Crippen LogP contribution in [0.2, 0.25) is 0 Å². The highest BCUT2D eigenvalue weighted by molar-refractivity contribution is 5.89. The number of nitrogens with zero attached hydrogens (tertiary/aromatic N) is 7. The minimum absolute atomic E-state index is 0.0388. The Bertz CT molecular complexity index is 2640. The second-order valence-corrected chi connectivity index (χ2v) is 18.5. The van der Waals surface area contributed by atoms with Gasteiger partial charge in [0.15, 0.2) is 0 Å². The zero-order chi connectivity index (χ0) is 43.8. The summed E-state index contributed by atoms with van der Waals surface area (Å²) in [4.78, 5) is 84.8. The Labute approximate surface area is 368 Å². The van der Waals surface area contributed by atoms with Crippen LogP contribution in [0.25, 0.3) is 44.6 Å². The Morgan fingerprint density at radius 3 is 2.11 bits per heavy atom. The van der Waals surface area contributed by atoms with Crippen molar-refractivity contribution in [3.63, 3.8) is 0 Å². The van der Waals surface area contributed by atoms with Gasteiger partial charge >= 0.3 is 12.2 Å². The molecular weight excluding hydrogens is 821 g/mol. The fourth-order valence-corrected chi connectivity index (χ4v) is 11.1. The SMILES string of the molecule is COC(=O)N[C@H](C(=O)N1[C@@H]2C[C@@H]2C[C@H]1c1nc2cc(-c3ccc4nc(-c5c[nH]c([C@@H]6C[C@H]7C[C@H]7N6C(=O)[C@H](C6CCOCC6)N(C)C(=O)O)n5)cnc4c3)ccc2[nH]1)C1CCOCC1. The van der Waals surface area contributed by atoms with Gasteiger partial charge in [-0.05, 0) is 110 Å². The molecule has 4 saturated heterocycles. The average Bonchev–Trinajstić information content (AvgIpc) is 3.94. The molecule has 2 saturated carbocycles. The van der Waals surface area contributed by atoms with Crippen LogP contribution in [0.15, 0.2) is 48.8 Å². The van der Waals surface area contributed by atoms with Crippen LogP contribution in [0.4, 0.5) is 9.59 Å². The monoisotopic (exact) mass is 872 g/mol. The second kappa shape index (κ2) is 16.1. The highest BCUT2D eigenvalue weighted by atomic mass is 16.5. The number of hydrogen-bond donors (Lipinski definition) is 4. The zero-order valence-corrected chi connectivity index (χ0v) is 35.8. The number of likely N-dealkylation sites (tertiary alicyclic amines) is 2. The van der Waals surface area contributed by atoms with E-state index in [4.69, 9.17) is 34.1 Å². The van der Waals surface area contributed by atoms with Crippen LogP contribution in [-0.2, 0) is 23.8 Å². The third-order valence-electron chi connectivity index (χ3n) is 14.7. The van der Waals surface area contributed by atoms with Crippen molar-refractivity contribution in [2.75, 3.05) is 40.6 Å². The molecule has 18 nitrogen and oxygen atoms in total. The number of imidazole rings is 2. The molecule has 0 bridgehead atoms. The number of rotatable bonds is 10. The van der Waals surface area contributed by atoms with Crippen molar-refractivity contribution in [1.29, 1.82) is 0 Å². The van der Waals surface area contributed by atoms with Gasteiger partial charge in [0, 0.05) is 51.8 Å². The normalized spacial score (nSPS) is 26.3. The third-order valence-corrected chi connectivity index (χ3v) is 14.7. The molecule has 2 aromatic carbocycles. The summed E-state index contributed by atoms with van der Waals surface area (Å²) in [5.74, 6) is 1.78. The molecule has 4 amide bonds. The molecule has 0 radical (unpaired) electrons. The van der Waals surface area contributed by atoms with Crippen molar-refractivity contribution in [1.82, 2.24) is 49.9 Å². The molecule has 7 heterocycles. The maximum Gasteiger partial charge on any atom is 0.407 e. The van der Waals surface area contributed by atoms with Crippen LogP contribution >= 0.6 is 0 Å². The summed E-state index contributed by atoms with van der Waals surface area (Å²) in [6, 6.07) is 10.3. The highest BCUT2D eigenvalue weighted by Gasteiger charge is 2.58. The van der Waals surface area contributed by atoms with Gasteiger partial charge in [0.2, 0.25) is 11.8 Å². The van der Waals surface area contributed by atoms with Crippen molar-refractivity contribution >= 4 is 46.1 Å². The number of nitrogens with one attached hydrogen (secondary N) is 3. The van der Waals surface area contributed by atoms with Crippen LogP contribution in [0.3, 0.4) is 0 Å². The number of amides is 4. The number of piperidine rings is 2. The van der Waals surface area contributed by atoms with Crippen LogP contribution in [0.5, 0.6) is 0 Å². The summed E-state index contributed by atoms with van der Waals surface area (Å²) in [6.45, 7) is 2.13. The Morgan fingerprint density at radius 2 is 1.42 bits per heavy atom. The maximum atomic E-state index is 14.3. The van der Waals surface area contributed by atoms with E-state index in [0.29, 0.717) is 92.2 Å². The van der Waals surface area contributed by atoms with E-state index in [2.05, 4.69) is 15.3 Å². The van der Waals surface area contributed by atoms with E-state index in [1.54, 1.807) is 12.4 Å². The van der Waals surface area contributed by atoms with Gasteiger partial charge in [-0.3, -0.25) is 19.5 Å². The summed E-state index contributed by atoms with van der Waals surface area (Å²) < 4.78 is 16.0. The molecule has 4 N–H and O–H groups in total. The lowest BCUT2D eigenvalue weighted by atomic mass is 9.89. The Morgan fingerprint density at radius 1 is 0.781 bits per heavy atom. The van der Waals surface area contributed by atoms with Gasteiger partial charge in [-0.2, -0.15) is 0 Å². The van der Waals surface area contributed by atoms with E-state index >= 15 is 0 Å². The standard InChI is InChI=1S/C46H52N10O8/c1-54(46(60)61)40(24-9-13-64-14-10-24)44(58)56-36-18-27(36)19-37(56)41-48-22-34(52-41)33-21-47-31-15-25(3-5-29(31)49-33)26-4-6-30-32(16-26)51-42(50-30)38-20-28-17-35(28)55(38)43(57)39(53-45(59)62-2)23-7-11-63-12-8-23/h3-6,15-16,21-24,27-28,35-40H,7-14,17-20H2,1-2H3,(H,48,52)(H,50,51)(H,53,59)(H,60,61)/t27-,28-,35-,36-,37+,38+,39+,40+/m1/s1. The molecule has 2 aliphatic carbocycles. The lowest BCUT2D eigenvalue weighted by molar-refractivity contribution is -0.141. The lowest BCUT2D eigenvalue weighted by Gasteiger charge is -2.38. The number of hydrogen-bond acceptors (Lipinski definition) is 11. The first-order valence-electron chi connectivity index (χ1n) is 22.6. The van der Waals surface area contributed by atoms with Crippen LogP contribution in [0, 0.1) is 23.7 Å². The number of fused-ring (bicyclic) bond motifs is 4. The maximum absolute atomic E-state index is 14.3. The van der Waals surface area contributed by atoms with E-state index in [-0.39, 0.29) is 47.8 Å². The van der Waals surface area contributed by atoms with Crippen molar-refractivity contribution < 1.29 is 38.5 Å². The van der Waals surface area contributed by atoms with E-state index < -0.39 is 24.3 Å². The number of carbonyl (C=O) groups is 4. The van der Waals surface area contributed by atoms with Gasteiger partial charge in [0.1, 0.15) is 35.1 Å². The molecule has 4 aliphatic heterocycles. The number of alkyl carbamates (subject to hydrolysis) is 1. The molecular formula is C46H52N10O8. The number of benzene rings is 2. The number of ether oxygens (including phenoxy) is 3. The first kappa shape index (κ1) is 40.6. The van der Waals surface area contributed by atoms with Gasteiger partial charge in [-0.25, -0.2) is 24.5 Å². The minimum Gasteiger partial charge on any atom is -0.465 e. The van der Waals surface area contributed by atoms with Gasteiger partial charge < -0.3 is 44.4 Å². The average molecular weight is 873 g/mol. The highest BCUT2D eigenvalue weighted by Crippen LogP contribution is 2.55. The molecule has 5 aromatic rings. The molecule has 3 aromatic heterocycles. The number of carbonyl (C=O) groups excluding carboxylic acids is 3. The van der Waals surface area contributed by atoms with Crippen LogP contribution < -0.4 is 5.32 Å². The number of aromatic amines is 2. The van der Waals surface area contributed by atoms with Gasteiger partial charge in [-0.15, -0.1) is 0 Å². The molecule has 18 heteroatoms. The first-order chi connectivity index (χ1) is 31.1. The molecule has 8 atom stereocenters. The molecule has 11 rings (SSSR count). The summed E-state index contributed by atoms with van der Waals surface area (Å²) in [5, 5.41) is 12.8. The number of methoxy groups -OCH3 is 1. The fourth-order valence-electron chi connectivity index (χ4n) is 11.1. The summed E-state index contributed by atoms with van der Waals surface area (Å²) in [6.07, 6.45) is 7.88. The Balaban J connectivity index is 0.808. The summed E-state index contributed by atoms with van der Waals surface area (Å²) >= 11 is 0. The van der Waals surface area contributed by atoms with Crippen molar-refractivity contribution in [2.24, 2.45) is 23.7 Å². The van der Waals surface area contributed by atoms with Crippen LogP contribution in [0.1, 0.15) is 75.1 Å². The molecule has 0 unspecified atom stereocenters. The number of likely N-dealkylation sites (N-methyl/N-ethyl adjacent to an activating group) is 1. The quantitative estimate of drug-likeness (QED) is 0.138. The molecule has 0 spiro atoms.